The highest BCUT2D eigenvalue weighted by atomic mass is 16.6. The first-order valence-electron chi connectivity index (χ1n) is 9.03. The van der Waals surface area contributed by atoms with E-state index in [0.29, 0.717) is 30.2 Å². The molecule has 1 rings (SSSR count). The molecule has 1 aromatic rings. The Morgan fingerprint density at radius 1 is 1.21 bits per heavy atom. The number of hydrogen-bond acceptors (Lipinski definition) is 9. The first-order valence-corrected chi connectivity index (χ1v) is 9.03. The van der Waals surface area contributed by atoms with Crippen molar-refractivity contribution in [1.29, 1.82) is 0 Å². The van der Waals surface area contributed by atoms with Crippen LogP contribution in [0.15, 0.2) is 16.5 Å². The summed E-state index contributed by atoms with van der Waals surface area (Å²) in [6.07, 6.45) is 2.19. The fourth-order valence-electron chi connectivity index (χ4n) is 2.54. The minimum atomic E-state index is -0.683. The number of rotatable bonds is 11. The topological polar surface area (TPSA) is 150 Å². The second-order valence-corrected chi connectivity index (χ2v) is 7.73. The Morgan fingerprint density at radius 3 is 2.29 bits per heavy atom. The van der Waals surface area contributed by atoms with Crippen LogP contribution in [0.4, 0.5) is 5.95 Å². The lowest BCUT2D eigenvalue weighted by atomic mass is 9.97. The third-order valence-electron chi connectivity index (χ3n) is 4.89. The Hall–Kier alpha value is -2.53. The molecule has 0 aliphatic heterocycles. The Morgan fingerprint density at radius 2 is 1.79 bits per heavy atom. The number of aryl methyl sites for hydroxylation is 1. The van der Waals surface area contributed by atoms with Gasteiger partial charge in [-0.1, -0.05) is 15.3 Å². The number of nitro groups is 1. The standard InChI is InChI=1S/C17H31N7O4/c1-12-10-18-15(24(27)28)23(12)11-14(22-26)17(5,6)20-9-7-8-19-16(3,4)13(2)21-25/h10,19-20,25-26H,7-9,11H2,1-6H3/b21-13-,22-14-. The Balaban J connectivity index is 2.66. The highest BCUT2D eigenvalue weighted by Gasteiger charge is 2.30. The number of nitrogens with one attached hydrogen (secondary N) is 2. The number of hydrogen-bond donors (Lipinski definition) is 4. The summed E-state index contributed by atoms with van der Waals surface area (Å²) in [6.45, 7) is 12.4. The van der Waals surface area contributed by atoms with Crippen molar-refractivity contribution in [3.05, 3.63) is 22.0 Å². The fraction of sp³-hybridized carbons (Fsp3) is 0.706. The average Bonchev–Trinajstić information content (AvgIpc) is 2.98. The third kappa shape index (κ3) is 5.99. The van der Waals surface area contributed by atoms with E-state index in [1.54, 1.807) is 13.8 Å². The monoisotopic (exact) mass is 397 g/mol. The Bertz CT molecular complexity index is 738. The first-order chi connectivity index (χ1) is 13.0. The smallest absolute Gasteiger partial charge is 0.411 e. The van der Waals surface area contributed by atoms with E-state index in [9.17, 15) is 15.3 Å². The highest BCUT2D eigenvalue weighted by molar-refractivity contribution is 5.92. The van der Waals surface area contributed by atoms with Gasteiger partial charge in [0.05, 0.1) is 16.8 Å². The molecule has 0 radical (unpaired) electrons. The van der Waals surface area contributed by atoms with Crippen LogP contribution in [-0.2, 0) is 6.54 Å². The van der Waals surface area contributed by atoms with Gasteiger partial charge in [0.2, 0.25) is 0 Å². The SMILES string of the molecule is C/C(=N/O)C(C)(C)NCCCNC(C)(C)/C(Cn1c(C)cnc1[N+](=O)[O-])=N\O. The van der Waals surface area contributed by atoms with Crippen LogP contribution >= 0.6 is 0 Å². The van der Waals surface area contributed by atoms with Crippen LogP contribution in [0.1, 0.15) is 46.7 Å². The molecule has 0 aliphatic carbocycles. The van der Waals surface area contributed by atoms with E-state index in [1.165, 1.54) is 10.8 Å². The number of nitrogens with zero attached hydrogens (tertiary/aromatic N) is 5. The minimum absolute atomic E-state index is 0.0517. The van der Waals surface area contributed by atoms with E-state index < -0.39 is 16.0 Å². The van der Waals surface area contributed by atoms with Gasteiger partial charge in [0.25, 0.3) is 0 Å². The largest absolute Gasteiger partial charge is 0.435 e. The molecule has 0 spiro atoms. The van der Waals surface area contributed by atoms with Gasteiger partial charge in [-0.25, -0.2) is 4.57 Å². The Labute approximate surface area is 164 Å². The maximum atomic E-state index is 11.1. The normalized spacial score (nSPS) is 13.8. The summed E-state index contributed by atoms with van der Waals surface area (Å²) in [5.41, 5.74) is 0.453. The highest BCUT2D eigenvalue weighted by Crippen LogP contribution is 2.16. The van der Waals surface area contributed by atoms with Crippen molar-refractivity contribution in [1.82, 2.24) is 20.2 Å². The lowest BCUT2D eigenvalue weighted by Crippen LogP contribution is -2.50. The first kappa shape index (κ1) is 23.5. The van der Waals surface area contributed by atoms with E-state index in [2.05, 4.69) is 25.9 Å². The number of aromatic nitrogens is 2. The molecule has 158 valence electrons. The Kier molecular flexibility index (Phi) is 8.06. The summed E-state index contributed by atoms with van der Waals surface area (Å²) in [5, 5.41) is 42.7. The molecular formula is C17H31N7O4. The molecule has 28 heavy (non-hydrogen) atoms. The van der Waals surface area contributed by atoms with Gasteiger partial charge in [-0.2, -0.15) is 0 Å². The lowest BCUT2D eigenvalue weighted by molar-refractivity contribution is -0.396. The molecule has 0 saturated heterocycles. The maximum absolute atomic E-state index is 11.1. The van der Waals surface area contributed by atoms with E-state index >= 15 is 0 Å². The molecule has 0 fully saturated rings. The summed E-state index contributed by atoms with van der Waals surface area (Å²) in [6, 6.07) is 0. The van der Waals surface area contributed by atoms with Gasteiger partial charge < -0.3 is 31.2 Å². The maximum Gasteiger partial charge on any atom is 0.435 e. The quantitative estimate of drug-likeness (QED) is 0.146. The van der Waals surface area contributed by atoms with Crippen LogP contribution in [0.2, 0.25) is 0 Å². The van der Waals surface area contributed by atoms with Gasteiger partial charge in [0.1, 0.15) is 24.1 Å². The summed E-state index contributed by atoms with van der Waals surface area (Å²) in [7, 11) is 0. The zero-order valence-corrected chi connectivity index (χ0v) is 17.4. The number of imidazole rings is 1. The van der Waals surface area contributed by atoms with Gasteiger partial charge in [0.15, 0.2) is 0 Å². The van der Waals surface area contributed by atoms with Crippen molar-refractivity contribution in [3.63, 3.8) is 0 Å². The van der Waals surface area contributed by atoms with E-state index in [0.717, 1.165) is 6.42 Å². The van der Waals surface area contributed by atoms with Crippen molar-refractivity contribution >= 4 is 17.4 Å². The van der Waals surface area contributed by atoms with Gasteiger partial charge in [-0.15, -0.1) is 0 Å². The minimum Gasteiger partial charge on any atom is -0.411 e. The molecule has 1 aromatic heterocycles. The van der Waals surface area contributed by atoms with Crippen LogP contribution in [0.25, 0.3) is 0 Å². The molecule has 0 bridgehead atoms. The molecule has 11 heteroatoms. The molecular weight excluding hydrogens is 366 g/mol. The van der Waals surface area contributed by atoms with E-state index in [1.807, 2.05) is 27.7 Å². The van der Waals surface area contributed by atoms with Crippen molar-refractivity contribution in [2.75, 3.05) is 13.1 Å². The van der Waals surface area contributed by atoms with Crippen molar-refractivity contribution in [3.8, 4) is 0 Å². The van der Waals surface area contributed by atoms with Crippen molar-refractivity contribution in [2.45, 2.75) is 65.6 Å². The summed E-state index contributed by atoms with van der Waals surface area (Å²) >= 11 is 0. The zero-order valence-electron chi connectivity index (χ0n) is 17.4. The van der Waals surface area contributed by atoms with Crippen molar-refractivity contribution in [2.24, 2.45) is 10.3 Å². The molecule has 0 saturated carbocycles. The predicted molar refractivity (Wildman–Crippen MR) is 107 cm³/mol. The van der Waals surface area contributed by atoms with Crippen LogP contribution in [0.5, 0.6) is 0 Å². The van der Waals surface area contributed by atoms with Gasteiger partial charge >= 0.3 is 5.95 Å². The van der Waals surface area contributed by atoms with Crippen LogP contribution < -0.4 is 10.6 Å². The van der Waals surface area contributed by atoms with Crippen LogP contribution in [0.3, 0.4) is 0 Å². The third-order valence-corrected chi connectivity index (χ3v) is 4.89. The molecule has 4 N–H and O–H groups in total. The van der Waals surface area contributed by atoms with Gasteiger partial charge in [0, 0.05) is 0 Å². The van der Waals surface area contributed by atoms with Gasteiger partial charge in [-0.05, 0) is 66.0 Å². The van der Waals surface area contributed by atoms with E-state index in [-0.39, 0.29) is 12.5 Å². The molecule has 1 heterocycles. The van der Waals surface area contributed by atoms with Crippen LogP contribution in [-0.4, -0.2) is 60.5 Å². The molecule has 0 unspecified atom stereocenters. The van der Waals surface area contributed by atoms with Gasteiger partial charge in [-0.3, -0.25) is 0 Å². The van der Waals surface area contributed by atoms with Crippen LogP contribution in [0, 0.1) is 17.0 Å². The number of oxime groups is 2. The molecule has 0 atom stereocenters. The fourth-order valence-corrected chi connectivity index (χ4v) is 2.54. The summed E-state index contributed by atoms with van der Waals surface area (Å²) < 4.78 is 1.40. The average molecular weight is 397 g/mol. The molecule has 0 aliphatic rings. The molecule has 11 nitrogen and oxygen atoms in total. The van der Waals surface area contributed by atoms with Crippen molar-refractivity contribution < 1.29 is 15.3 Å². The lowest BCUT2D eigenvalue weighted by Gasteiger charge is -2.28. The summed E-state index contributed by atoms with van der Waals surface area (Å²) in [5.74, 6) is -0.290. The second kappa shape index (κ2) is 9.60. The zero-order chi connectivity index (χ0) is 21.5. The molecule has 0 aromatic carbocycles. The van der Waals surface area contributed by atoms with E-state index in [4.69, 9.17) is 5.21 Å². The second-order valence-electron chi connectivity index (χ2n) is 7.73. The molecule has 0 amide bonds. The summed E-state index contributed by atoms with van der Waals surface area (Å²) in [4.78, 5) is 14.3. The predicted octanol–water partition coefficient (Wildman–Crippen LogP) is 1.91.